The number of benzene rings is 1. The summed E-state index contributed by atoms with van der Waals surface area (Å²) in [5, 5.41) is 11.5. The topological polar surface area (TPSA) is 75.4 Å². The van der Waals surface area contributed by atoms with Crippen LogP contribution in [0, 0.1) is 25.7 Å². The Morgan fingerprint density at radius 2 is 2.24 bits per heavy atom. The Morgan fingerprint density at radius 1 is 1.43 bits per heavy atom. The lowest BCUT2D eigenvalue weighted by atomic mass is 10.0. The molecule has 0 saturated carbocycles. The highest BCUT2D eigenvalue weighted by Gasteiger charge is 2.09. The molecule has 21 heavy (non-hydrogen) atoms. The van der Waals surface area contributed by atoms with Gasteiger partial charge in [0, 0.05) is 11.1 Å². The van der Waals surface area contributed by atoms with E-state index in [1.807, 2.05) is 13.0 Å². The van der Waals surface area contributed by atoms with E-state index in [0.29, 0.717) is 17.2 Å². The lowest BCUT2D eigenvalue weighted by Gasteiger charge is -2.05. The number of aliphatic hydroxyl groups is 1. The number of carbonyl (C=O) groups excluding carboxylic acids is 1. The van der Waals surface area contributed by atoms with Crippen molar-refractivity contribution in [2.45, 2.75) is 20.4 Å². The third-order valence-electron chi connectivity index (χ3n) is 2.87. The maximum absolute atomic E-state index is 12.1. The second-order valence-electron chi connectivity index (χ2n) is 4.54. The number of oxazole rings is 1. The van der Waals surface area contributed by atoms with Gasteiger partial charge in [-0.1, -0.05) is 17.9 Å². The molecule has 0 unspecified atom stereocenters. The van der Waals surface area contributed by atoms with Crippen molar-refractivity contribution in [3.8, 4) is 11.8 Å². The molecule has 5 nitrogen and oxygen atoms in total. The number of nitrogens with zero attached hydrogens (tertiary/aromatic N) is 1. The van der Waals surface area contributed by atoms with Gasteiger partial charge in [-0.15, -0.1) is 0 Å². The molecule has 2 N–H and O–H groups in total. The predicted octanol–water partition coefficient (Wildman–Crippen LogP) is 1.57. The lowest BCUT2D eigenvalue weighted by molar-refractivity contribution is 0.0947. The largest absolute Gasteiger partial charge is 0.444 e. The Morgan fingerprint density at radius 3 is 2.90 bits per heavy atom. The van der Waals surface area contributed by atoms with E-state index in [1.165, 1.54) is 0 Å². The van der Waals surface area contributed by atoms with Crippen LogP contribution in [0.4, 0.5) is 0 Å². The Labute approximate surface area is 123 Å². The van der Waals surface area contributed by atoms with Crippen LogP contribution < -0.4 is 5.32 Å². The molecule has 0 aliphatic carbocycles. The third-order valence-corrected chi connectivity index (χ3v) is 2.87. The van der Waals surface area contributed by atoms with E-state index in [2.05, 4.69) is 22.1 Å². The summed E-state index contributed by atoms with van der Waals surface area (Å²) >= 11 is 0. The molecule has 5 heteroatoms. The van der Waals surface area contributed by atoms with Gasteiger partial charge in [-0.05, 0) is 31.5 Å². The van der Waals surface area contributed by atoms with Crippen LogP contribution in [0.25, 0.3) is 0 Å². The fourth-order valence-corrected chi connectivity index (χ4v) is 1.77. The van der Waals surface area contributed by atoms with Gasteiger partial charge >= 0.3 is 0 Å². The molecule has 0 radical (unpaired) electrons. The number of amides is 1. The molecule has 0 spiro atoms. The van der Waals surface area contributed by atoms with Gasteiger partial charge in [0.15, 0.2) is 0 Å². The first-order valence-electron chi connectivity index (χ1n) is 6.50. The Kier molecular flexibility index (Phi) is 4.75. The van der Waals surface area contributed by atoms with Gasteiger partial charge in [0.1, 0.15) is 12.4 Å². The number of hydrogen-bond acceptors (Lipinski definition) is 4. The molecule has 0 aliphatic rings. The van der Waals surface area contributed by atoms with Crippen LogP contribution in [0.15, 0.2) is 28.8 Å². The summed E-state index contributed by atoms with van der Waals surface area (Å²) in [5.41, 5.74) is 2.19. The molecule has 0 aliphatic heterocycles. The van der Waals surface area contributed by atoms with Crippen molar-refractivity contribution in [3.05, 3.63) is 52.7 Å². The number of nitrogens with one attached hydrogen (secondary N) is 1. The van der Waals surface area contributed by atoms with Crippen molar-refractivity contribution in [3.63, 3.8) is 0 Å². The molecule has 1 heterocycles. The summed E-state index contributed by atoms with van der Waals surface area (Å²) < 4.78 is 5.29. The van der Waals surface area contributed by atoms with Gasteiger partial charge in [-0.2, -0.15) is 0 Å². The van der Waals surface area contributed by atoms with Gasteiger partial charge < -0.3 is 14.8 Å². The van der Waals surface area contributed by atoms with Crippen molar-refractivity contribution in [1.29, 1.82) is 0 Å². The number of rotatable bonds is 3. The zero-order chi connectivity index (χ0) is 15.2. The second-order valence-corrected chi connectivity index (χ2v) is 4.54. The summed E-state index contributed by atoms with van der Waals surface area (Å²) in [6.45, 7) is 3.72. The van der Waals surface area contributed by atoms with E-state index in [4.69, 9.17) is 9.52 Å². The minimum atomic E-state index is -0.224. The second kappa shape index (κ2) is 6.73. The summed E-state index contributed by atoms with van der Waals surface area (Å²) in [5.74, 6) is 6.35. The highest BCUT2D eigenvalue weighted by molar-refractivity contribution is 5.94. The first-order valence-corrected chi connectivity index (χ1v) is 6.50. The molecular weight excluding hydrogens is 268 g/mol. The molecule has 108 valence electrons. The van der Waals surface area contributed by atoms with Crippen LogP contribution in [0.3, 0.4) is 0 Å². The molecule has 2 rings (SSSR count). The Balaban J connectivity index is 2.08. The van der Waals surface area contributed by atoms with E-state index in [9.17, 15) is 4.79 Å². The van der Waals surface area contributed by atoms with Gasteiger partial charge in [-0.25, -0.2) is 4.98 Å². The molecule has 1 aromatic heterocycles. The highest BCUT2D eigenvalue weighted by Crippen LogP contribution is 2.10. The monoisotopic (exact) mass is 284 g/mol. The summed E-state index contributed by atoms with van der Waals surface area (Å²) in [7, 11) is 0. The SMILES string of the molecule is Cc1cnc(CNC(=O)c2ccc(C)c(C#CCO)c2)o1. The van der Waals surface area contributed by atoms with Crippen LogP contribution in [-0.4, -0.2) is 22.6 Å². The number of aliphatic hydroxyl groups excluding tert-OH is 1. The highest BCUT2D eigenvalue weighted by atomic mass is 16.4. The predicted molar refractivity (Wildman–Crippen MR) is 77.6 cm³/mol. The van der Waals surface area contributed by atoms with Gasteiger partial charge in [0.2, 0.25) is 5.89 Å². The number of aromatic nitrogens is 1. The van der Waals surface area contributed by atoms with Crippen LogP contribution >= 0.6 is 0 Å². The minimum Gasteiger partial charge on any atom is -0.444 e. The zero-order valence-electron chi connectivity index (χ0n) is 11.9. The summed E-state index contributed by atoms with van der Waals surface area (Å²) in [6.07, 6.45) is 1.61. The standard InChI is InChI=1S/C16H16N2O3/c1-11-5-6-14(8-13(11)4-3-7-19)16(20)18-10-15-17-9-12(2)21-15/h5-6,8-9,19H,7,10H2,1-2H3,(H,18,20). The average molecular weight is 284 g/mol. The Bertz CT molecular complexity index is 708. The van der Waals surface area contributed by atoms with Crippen LogP contribution in [0.2, 0.25) is 0 Å². The summed E-state index contributed by atoms with van der Waals surface area (Å²) in [6, 6.07) is 5.26. The first kappa shape index (κ1) is 14.8. The van der Waals surface area contributed by atoms with E-state index < -0.39 is 0 Å². The quantitative estimate of drug-likeness (QED) is 0.839. The third kappa shape index (κ3) is 3.94. The fourth-order valence-electron chi connectivity index (χ4n) is 1.77. The first-order chi connectivity index (χ1) is 10.1. The van der Waals surface area contributed by atoms with E-state index in [0.717, 1.165) is 11.1 Å². The zero-order valence-corrected chi connectivity index (χ0v) is 11.9. The molecule has 0 fully saturated rings. The van der Waals surface area contributed by atoms with Crippen LogP contribution in [0.1, 0.15) is 33.1 Å². The van der Waals surface area contributed by atoms with E-state index >= 15 is 0 Å². The van der Waals surface area contributed by atoms with Crippen LogP contribution in [-0.2, 0) is 6.54 Å². The molecule has 1 aromatic carbocycles. The maximum Gasteiger partial charge on any atom is 0.251 e. The minimum absolute atomic E-state index is 0.209. The number of aryl methyl sites for hydroxylation is 2. The lowest BCUT2D eigenvalue weighted by Crippen LogP contribution is -2.23. The van der Waals surface area contributed by atoms with Crippen molar-refractivity contribution < 1.29 is 14.3 Å². The number of carbonyl (C=O) groups is 1. The molecule has 2 aromatic rings. The molecule has 1 amide bonds. The van der Waals surface area contributed by atoms with Gasteiger partial charge in [0.05, 0.1) is 12.7 Å². The molecule has 0 atom stereocenters. The molecule has 0 saturated heterocycles. The average Bonchev–Trinajstić information content (AvgIpc) is 2.89. The van der Waals surface area contributed by atoms with Gasteiger partial charge in [0.25, 0.3) is 5.91 Å². The molecule has 0 bridgehead atoms. The number of hydrogen-bond donors (Lipinski definition) is 2. The molecular formula is C16H16N2O3. The van der Waals surface area contributed by atoms with Crippen molar-refractivity contribution in [2.75, 3.05) is 6.61 Å². The van der Waals surface area contributed by atoms with E-state index in [1.54, 1.807) is 25.3 Å². The Hall–Kier alpha value is -2.58. The van der Waals surface area contributed by atoms with E-state index in [-0.39, 0.29) is 19.1 Å². The van der Waals surface area contributed by atoms with Gasteiger partial charge in [-0.3, -0.25) is 4.79 Å². The van der Waals surface area contributed by atoms with Crippen molar-refractivity contribution in [2.24, 2.45) is 0 Å². The fraction of sp³-hybridized carbons (Fsp3) is 0.250. The van der Waals surface area contributed by atoms with Crippen LogP contribution in [0.5, 0.6) is 0 Å². The summed E-state index contributed by atoms with van der Waals surface area (Å²) in [4.78, 5) is 16.1. The maximum atomic E-state index is 12.1. The van der Waals surface area contributed by atoms with Crippen molar-refractivity contribution in [1.82, 2.24) is 10.3 Å². The smallest absolute Gasteiger partial charge is 0.251 e. The van der Waals surface area contributed by atoms with Crippen molar-refractivity contribution >= 4 is 5.91 Å². The normalized spacial score (nSPS) is 9.86.